The van der Waals surface area contributed by atoms with Crippen LogP contribution in [0, 0.1) is 17.5 Å². The molecule has 1 heterocycles. The average molecular weight is 318 g/mol. The van der Waals surface area contributed by atoms with Gasteiger partial charge in [-0.25, -0.2) is 13.2 Å². The minimum absolute atomic E-state index is 0.00662. The first-order chi connectivity index (χ1) is 9.97. The first kappa shape index (κ1) is 15.9. The number of aryl methyl sites for hydroxylation is 1. The first-order valence-corrected chi connectivity index (χ1v) is 6.89. The lowest BCUT2D eigenvalue weighted by atomic mass is 10.0. The molecule has 3 nitrogen and oxygen atoms in total. The van der Waals surface area contributed by atoms with Gasteiger partial charge < -0.3 is 5.32 Å². The van der Waals surface area contributed by atoms with Crippen molar-refractivity contribution < 1.29 is 13.2 Å². The van der Waals surface area contributed by atoms with Crippen molar-refractivity contribution in [3.05, 3.63) is 52.1 Å². The van der Waals surface area contributed by atoms with E-state index in [0.29, 0.717) is 17.3 Å². The van der Waals surface area contributed by atoms with E-state index in [0.717, 1.165) is 12.5 Å². The number of aromatic nitrogens is 2. The number of nitrogens with one attached hydrogen (secondary N) is 1. The van der Waals surface area contributed by atoms with E-state index in [2.05, 4.69) is 10.4 Å². The Balaban J connectivity index is 2.54. The Kier molecular flexibility index (Phi) is 4.90. The van der Waals surface area contributed by atoms with Gasteiger partial charge in [-0.3, -0.25) is 4.68 Å². The van der Waals surface area contributed by atoms with Crippen molar-refractivity contribution in [2.75, 3.05) is 6.54 Å². The monoisotopic (exact) mass is 317 g/mol. The summed E-state index contributed by atoms with van der Waals surface area (Å²) in [7, 11) is 1.65. The zero-order valence-electron chi connectivity index (χ0n) is 11.6. The van der Waals surface area contributed by atoms with E-state index in [1.807, 2.05) is 6.92 Å². The molecule has 2 aromatic rings. The summed E-state index contributed by atoms with van der Waals surface area (Å²) in [6.45, 7) is 2.50. The number of halogens is 4. The van der Waals surface area contributed by atoms with E-state index in [1.165, 1.54) is 16.9 Å². The molecule has 21 heavy (non-hydrogen) atoms. The molecule has 2 rings (SSSR count). The summed E-state index contributed by atoms with van der Waals surface area (Å²) in [4.78, 5) is 0. The van der Waals surface area contributed by atoms with E-state index in [4.69, 9.17) is 11.6 Å². The van der Waals surface area contributed by atoms with E-state index < -0.39 is 23.5 Å². The predicted octanol–water partition coefficient (Wildman–Crippen LogP) is 3.58. The van der Waals surface area contributed by atoms with Gasteiger partial charge in [-0.2, -0.15) is 5.10 Å². The van der Waals surface area contributed by atoms with Crippen LogP contribution in [0.25, 0.3) is 0 Å². The third-order valence-electron chi connectivity index (χ3n) is 3.19. The van der Waals surface area contributed by atoms with Crippen LogP contribution in [0.1, 0.15) is 30.6 Å². The van der Waals surface area contributed by atoms with Crippen LogP contribution in [0.2, 0.25) is 5.02 Å². The van der Waals surface area contributed by atoms with Crippen LogP contribution in [0.15, 0.2) is 18.3 Å². The Labute approximate surface area is 125 Å². The molecule has 0 saturated carbocycles. The summed E-state index contributed by atoms with van der Waals surface area (Å²) in [5.74, 6) is -3.93. The lowest BCUT2D eigenvalue weighted by Crippen LogP contribution is -2.27. The SMILES string of the molecule is CCCNC(c1ccc(F)c(F)c1F)c1c(Cl)cnn1C. The van der Waals surface area contributed by atoms with Gasteiger partial charge in [-0.15, -0.1) is 0 Å². The maximum Gasteiger partial charge on any atom is 0.194 e. The van der Waals surface area contributed by atoms with Crippen molar-refractivity contribution in [3.8, 4) is 0 Å². The van der Waals surface area contributed by atoms with Crippen molar-refractivity contribution in [1.82, 2.24) is 15.1 Å². The third kappa shape index (κ3) is 3.06. The molecule has 0 aliphatic heterocycles. The van der Waals surface area contributed by atoms with Crippen LogP contribution in [-0.2, 0) is 7.05 Å². The highest BCUT2D eigenvalue weighted by Crippen LogP contribution is 2.30. The van der Waals surface area contributed by atoms with E-state index in [1.54, 1.807) is 7.05 Å². The summed E-state index contributed by atoms with van der Waals surface area (Å²) in [5.41, 5.74) is 0.489. The van der Waals surface area contributed by atoms with Gasteiger partial charge in [0.2, 0.25) is 0 Å². The van der Waals surface area contributed by atoms with Gasteiger partial charge in [0.05, 0.1) is 23.0 Å². The van der Waals surface area contributed by atoms with E-state index in [-0.39, 0.29) is 5.56 Å². The van der Waals surface area contributed by atoms with Crippen LogP contribution >= 0.6 is 11.6 Å². The largest absolute Gasteiger partial charge is 0.305 e. The Hall–Kier alpha value is -1.53. The van der Waals surface area contributed by atoms with Crippen LogP contribution in [0.4, 0.5) is 13.2 Å². The molecule has 0 spiro atoms. The quantitative estimate of drug-likeness (QED) is 0.854. The summed E-state index contributed by atoms with van der Waals surface area (Å²) in [6, 6.07) is 1.41. The van der Waals surface area contributed by atoms with Gasteiger partial charge in [0.15, 0.2) is 17.5 Å². The Bertz CT molecular complexity index is 623. The normalized spacial score (nSPS) is 12.7. The fraction of sp³-hybridized carbons (Fsp3) is 0.357. The van der Waals surface area contributed by atoms with Gasteiger partial charge in [0, 0.05) is 12.6 Å². The molecular formula is C14H15ClF3N3. The highest BCUT2D eigenvalue weighted by molar-refractivity contribution is 6.31. The number of hydrogen-bond donors (Lipinski definition) is 1. The molecule has 1 atom stereocenters. The summed E-state index contributed by atoms with van der Waals surface area (Å²) < 4.78 is 42.1. The molecule has 1 aromatic carbocycles. The highest BCUT2D eigenvalue weighted by atomic mass is 35.5. The highest BCUT2D eigenvalue weighted by Gasteiger charge is 2.26. The second-order valence-electron chi connectivity index (χ2n) is 4.65. The second-order valence-corrected chi connectivity index (χ2v) is 5.06. The number of nitrogens with zero attached hydrogens (tertiary/aromatic N) is 2. The Morgan fingerprint density at radius 1 is 1.29 bits per heavy atom. The van der Waals surface area contributed by atoms with Gasteiger partial charge in [0.1, 0.15) is 0 Å². The van der Waals surface area contributed by atoms with Crippen molar-refractivity contribution in [3.63, 3.8) is 0 Å². The van der Waals surface area contributed by atoms with Crippen LogP contribution in [0.3, 0.4) is 0 Å². The summed E-state index contributed by atoms with van der Waals surface area (Å²) >= 11 is 6.08. The molecule has 0 saturated heterocycles. The zero-order valence-corrected chi connectivity index (χ0v) is 12.4. The van der Waals surface area contributed by atoms with Crippen molar-refractivity contribution in [2.45, 2.75) is 19.4 Å². The molecule has 7 heteroatoms. The Morgan fingerprint density at radius 3 is 2.57 bits per heavy atom. The van der Waals surface area contributed by atoms with Crippen molar-refractivity contribution in [2.24, 2.45) is 7.05 Å². The second kappa shape index (κ2) is 6.49. The molecule has 0 aliphatic rings. The van der Waals surface area contributed by atoms with Crippen LogP contribution in [0.5, 0.6) is 0 Å². The molecule has 1 aromatic heterocycles. The molecule has 1 N–H and O–H groups in total. The lowest BCUT2D eigenvalue weighted by molar-refractivity contribution is 0.429. The minimum atomic E-state index is -1.49. The van der Waals surface area contributed by atoms with Crippen molar-refractivity contribution in [1.29, 1.82) is 0 Å². The smallest absolute Gasteiger partial charge is 0.194 e. The van der Waals surface area contributed by atoms with Crippen LogP contribution < -0.4 is 5.32 Å². The Morgan fingerprint density at radius 2 is 2.00 bits per heavy atom. The molecule has 0 amide bonds. The van der Waals surface area contributed by atoms with E-state index in [9.17, 15) is 13.2 Å². The molecule has 0 radical (unpaired) electrons. The number of hydrogen-bond acceptors (Lipinski definition) is 2. The topological polar surface area (TPSA) is 29.9 Å². The third-order valence-corrected chi connectivity index (χ3v) is 3.48. The number of benzene rings is 1. The summed E-state index contributed by atoms with van der Waals surface area (Å²) in [5, 5.41) is 7.41. The van der Waals surface area contributed by atoms with Gasteiger partial charge >= 0.3 is 0 Å². The minimum Gasteiger partial charge on any atom is -0.305 e. The molecule has 1 unspecified atom stereocenters. The van der Waals surface area contributed by atoms with Crippen LogP contribution in [-0.4, -0.2) is 16.3 Å². The fourth-order valence-electron chi connectivity index (χ4n) is 2.15. The number of rotatable bonds is 5. The molecule has 0 aliphatic carbocycles. The zero-order chi connectivity index (χ0) is 15.6. The molecule has 0 bridgehead atoms. The van der Waals surface area contributed by atoms with Gasteiger partial charge in [-0.1, -0.05) is 24.6 Å². The maximum absolute atomic E-state index is 14.1. The maximum atomic E-state index is 14.1. The van der Waals surface area contributed by atoms with Crippen molar-refractivity contribution >= 4 is 11.6 Å². The summed E-state index contributed by atoms with van der Waals surface area (Å²) in [6.07, 6.45) is 2.21. The molecule has 114 valence electrons. The first-order valence-electron chi connectivity index (χ1n) is 6.51. The van der Waals surface area contributed by atoms with Gasteiger partial charge in [-0.05, 0) is 19.0 Å². The lowest BCUT2D eigenvalue weighted by Gasteiger charge is -2.20. The average Bonchev–Trinajstić information content (AvgIpc) is 2.79. The predicted molar refractivity (Wildman–Crippen MR) is 74.7 cm³/mol. The molecular weight excluding hydrogens is 303 g/mol. The standard InChI is InChI=1S/C14H15ClF3N3/c1-3-6-19-13(14-9(15)7-20-21(14)2)8-4-5-10(16)12(18)11(8)17/h4-5,7,13,19H,3,6H2,1-2H3. The fourth-order valence-corrected chi connectivity index (χ4v) is 2.43. The van der Waals surface area contributed by atoms with Gasteiger partial charge in [0.25, 0.3) is 0 Å². The molecule has 0 fully saturated rings. The van der Waals surface area contributed by atoms with E-state index >= 15 is 0 Å².